The summed E-state index contributed by atoms with van der Waals surface area (Å²) >= 11 is 31.4. The number of hydrogen-bond acceptors (Lipinski definition) is 4. The number of alkyl halides is 2. The van der Waals surface area contributed by atoms with Crippen LogP contribution in [-0.4, -0.2) is 28.6 Å². The summed E-state index contributed by atoms with van der Waals surface area (Å²) in [5.74, 6) is -2.56. The van der Waals surface area contributed by atoms with Crippen LogP contribution in [0.15, 0.2) is 54.6 Å². The van der Waals surface area contributed by atoms with Gasteiger partial charge in [0.25, 0.3) is 5.91 Å². The van der Waals surface area contributed by atoms with Gasteiger partial charge in [-0.1, -0.05) is 34.8 Å². The van der Waals surface area contributed by atoms with Crippen molar-refractivity contribution in [1.29, 1.82) is 0 Å². The summed E-state index contributed by atoms with van der Waals surface area (Å²) in [6, 6.07) is 14.8. The predicted octanol–water partition coefficient (Wildman–Crippen LogP) is 7.02. The number of halogens is 5. The van der Waals surface area contributed by atoms with E-state index in [1.807, 2.05) is 13.0 Å². The third-order valence-electron chi connectivity index (χ3n) is 6.23. The normalized spacial score (nSPS) is 17.3. The fourth-order valence-electron chi connectivity index (χ4n) is 4.25. The molecule has 0 saturated heterocycles. The number of rotatable bonds is 9. The van der Waals surface area contributed by atoms with Crippen molar-refractivity contribution in [3.63, 3.8) is 0 Å². The monoisotopic (exact) mass is 626 g/mol. The van der Waals surface area contributed by atoms with Crippen LogP contribution in [0.25, 0.3) is 0 Å². The summed E-state index contributed by atoms with van der Waals surface area (Å²) in [7, 11) is 0. The zero-order valence-corrected chi connectivity index (χ0v) is 24.2. The topological polar surface area (TPSA) is 113 Å². The number of carbonyl (C=O) groups is 3. The smallest absolute Gasteiger partial charge is 0.257 e. The molecule has 12 heteroatoms. The molecule has 5 N–H and O–H groups in total. The van der Waals surface area contributed by atoms with E-state index in [1.165, 1.54) is 12.1 Å². The van der Waals surface area contributed by atoms with Gasteiger partial charge in [-0.3, -0.25) is 14.4 Å². The number of anilines is 3. The zero-order valence-electron chi connectivity index (χ0n) is 20.5. The second kappa shape index (κ2) is 11.8. The average molecular weight is 629 g/mol. The number of nitrogens with two attached hydrogens (primary N) is 1. The summed E-state index contributed by atoms with van der Waals surface area (Å²) in [6.45, 7) is 2.23. The molecular formula is C27H23Cl5N4O3. The number of hydrogen-bond donors (Lipinski definition) is 4. The maximum Gasteiger partial charge on any atom is 0.257 e. The molecule has 39 heavy (non-hydrogen) atoms. The molecular weight excluding hydrogens is 606 g/mol. The lowest BCUT2D eigenvalue weighted by Gasteiger charge is -2.13. The Bertz CT molecular complexity index is 1440. The highest BCUT2D eigenvalue weighted by Crippen LogP contribution is 2.65. The summed E-state index contributed by atoms with van der Waals surface area (Å²) in [5.41, 5.74) is 8.46. The van der Waals surface area contributed by atoms with Crippen LogP contribution in [0.4, 0.5) is 17.1 Å². The van der Waals surface area contributed by atoms with Crippen LogP contribution in [0.2, 0.25) is 15.1 Å². The Balaban J connectivity index is 1.45. The van der Waals surface area contributed by atoms with E-state index in [4.69, 9.17) is 63.7 Å². The van der Waals surface area contributed by atoms with Crippen molar-refractivity contribution in [3.05, 3.63) is 86.4 Å². The molecule has 2 unspecified atom stereocenters. The molecule has 204 valence electrons. The number of primary amides is 1. The van der Waals surface area contributed by atoms with Crippen LogP contribution >= 0.6 is 58.0 Å². The fourth-order valence-corrected chi connectivity index (χ4v) is 5.83. The predicted molar refractivity (Wildman–Crippen MR) is 159 cm³/mol. The van der Waals surface area contributed by atoms with Gasteiger partial charge in [0.15, 0.2) is 0 Å². The SMILES string of the molecule is Cc1cc(NCCC(N)=O)ccc1NC(=O)c1cc(NC(=O)C2C(c3cc(Cl)cc(Cl)c3)C2(Cl)Cl)ccc1Cl. The first-order chi connectivity index (χ1) is 18.4. The van der Waals surface area contributed by atoms with Crippen molar-refractivity contribution in [1.82, 2.24) is 0 Å². The molecule has 4 rings (SSSR count). The molecule has 1 aliphatic carbocycles. The van der Waals surface area contributed by atoms with E-state index in [9.17, 15) is 14.4 Å². The van der Waals surface area contributed by atoms with Crippen LogP contribution in [0.1, 0.15) is 33.8 Å². The summed E-state index contributed by atoms with van der Waals surface area (Å²) in [6.07, 6.45) is 0.204. The Morgan fingerprint density at radius 2 is 1.56 bits per heavy atom. The van der Waals surface area contributed by atoms with Gasteiger partial charge in [0.1, 0.15) is 4.33 Å². The highest BCUT2D eigenvalue weighted by Gasteiger charge is 2.67. The van der Waals surface area contributed by atoms with Crippen LogP contribution in [0.5, 0.6) is 0 Å². The molecule has 0 radical (unpaired) electrons. The molecule has 0 aliphatic heterocycles. The first-order valence-corrected chi connectivity index (χ1v) is 13.6. The highest BCUT2D eigenvalue weighted by molar-refractivity contribution is 6.53. The van der Waals surface area contributed by atoms with Gasteiger partial charge in [-0.2, -0.15) is 0 Å². The molecule has 0 bridgehead atoms. The molecule has 3 amide bonds. The lowest BCUT2D eigenvalue weighted by Crippen LogP contribution is -2.18. The number of amides is 3. The van der Waals surface area contributed by atoms with Gasteiger partial charge in [0.05, 0.1) is 16.5 Å². The number of benzene rings is 3. The van der Waals surface area contributed by atoms with Gasteiger partial charge in [0, 0.05) is 46.0 Å². The van der Waals surface area contributed by atoms with E-state index in [0.717, 1.165) is 11.3 Å². The maximum absolute atomic E-state index is 13.1. The van der Waals surface area contributed by atoms with Crippen molar-refractivity contribution >= 4 is 92.8 Å². The third-order valence-corrected chi connectivity index (χ3v) is 7.94. The lowest BCUT2D eigenvalue weighted by molar-refractivity contribution is -0.118. The molecule has 0 aromatic heterocycles. The van der Waals surface area contributed by atoms with Crippen molar-refractivity contribution in [2.75, 3.05) is 22.5 Å². The standard InChI is InChI=1S/C27H23Cl5N4O3/c1-13-8-17(34-7-6-22(33)37)3-5-21(13)36-25(38)19-12-18(2-4-20(19)30)35-26(39)24-23(27(24,31)32)14-9-15(28)11-16(29)10-14/h2-5,8-12,23-24,34H,6-7H2,1H3,(H2,33,37)(H,35,39)(H,36,38). The molecule has 1 saturated carbocycles. The molecule has 3 aromatic carbocycles. The molecule has 0 spiro atoms. The Morgan fingerprint density at radius 3 is 2.21 bits per heavy atom. The summed E-state index contributed by atoms with van der Waals surface area (Å²) < 4.78 is -1.34. The average Bonchev–Trinajstić information content (AvgIpc) is 3.43. The molecule has 0 heterocycles. The van der Waals surface area contributed by atoms with Crippen LogP contribution < -0.4 is 21.7 Å². The first-order valence-electron chi connectivity index (χ1n) is 11.7. The first kappa shape index (κ1) is 29.3. The Labute approximate surface area is 250 Å². The van der Waals surface area contributed by atoms with Crippen molar-refractivity contribution in [2.45, 2.75) is 23.6 Å². The number of nitrogens with one attached hydrogen (secondary N) is 3. The quantitative estimate of drug-likeness (QED) is 0.191. The number of carbonyl (C=O) groups excluding carboxylic acids is 3. The van der Waals surface area contributed by atoms with Gasteiger partial charge in [-0.15, -0.1) is 23.2 Å². The highest BCUT2D eigenvalue weighted by atomic mass is 35.5. The van der Waals surface area contributed by atoms with E-state index in [1.54, 1.807) is 36.4 Å². The minimum Gasteiger partial charge on any atom is -0.385 e. The van der Waals surface area contributed by atoms with Gasteiger partial charge in [-0.05, 0) is 72.6 Å². The molecule has 7 nitrogen and oxygen atoms in total. The second-order valence-corrected chi connectivity index (χ2v) is 11.9. The molecule has 1 aliphatic rings. The van der Waals surface area contributed by atoms with Gasteiger partial charge >= 0.3 is 0 Å². The molecule has 1 fully saturated rings. The fraction of sp³-hybridized carbons (Fsp3) is 0.222. The molecule has 3 aromatic rings. The van der Waals surface area contributed by atoms with Crippen LogP contribution in [0.3, 0.4) is 0 Å². The Kier molecular flexibility index (Phi) is 8.88. The third kappa shape index (κ3) is 6.91. The van der Waals surface area contributed by atoms with E-state index in [2.05, 4.69) is 16.0 Å². The van der Waals surface area contributed by atoms with Crippen molar-refractivity contribution in [3.8, 4) is 0 Å². The van der Waals surface area contributed by atoms with E-state index < -0.39 is 33.9 Å². The Hall–Kier alpha value is -2.68. The van der Waals surface area contributed by atoms with E-state index in [-0.39, 0.29) is 17.0 Å². The maximum atomic E-state index is 13.1. The van der Waals surface area contributed by atoms with Crippen LogP contribution in [0, 0.1) is 12.8 Å². The largest absolute Gasteiger partial charge is 0.385 e. The minimum atomic E-state index is -1.34. The van der Waals surface area contributed by atoms with Crippen LogP contribution in [-0.2, 0) is 9.59 Å². The molecule has 2 atom stereocenters. The second-order valence-electron chi connectivity index (χ2n) is 9.14. The lowest BCUT2D eigenvalue weighted by atomic mass is 10.1. The van der Waals surface area contributed by atoms with Gasteiger partial charge in [0.2, 0.25) is 11.8 Å². The van der Waals surface area contributed by atoms with Crippen molar-refractivity contribution in [2.24, 2.45) is 11.7 Å². The zero-order chi connectivity index (χ0) is 28.5. The Morgan fingerprint density at radius 1 is 0.897 bits per heavy atom. The number of aryl methyl sites for hydroxylation is 1. The summed E-state index contributed by atoms with van der Waals surface area (Å²) in [5, 5.41) is 9.71. The van der Waals surface area contributed by atoms with Gasteiger partial charge < -0.3 is 21.7 Å². The summed E-state index contributed by atoms with van der Waals surface area (Å²) in [4.78, 5) is 37.1. The van der Waals surface area contributed by atoms with Crippen molar-refractivity contribution < 1.29 is 14.4 Å². The minimum absolute atomic E-state index is 0.162. The van der Waals surface area contributed by atoms with E-state index >= 15 is 0 Å². The van der Waals surface area contributed by atoms with E-state index in [0.29, 0.717) is 33.5 Å². The van der Waals surface area contributed by atoms with Gasteiger partial charge in [-0.25, -0.2) is 0 Å².